The van der Waals surface area contributed by atoms with Gasteiger partial charge in [-0.1, -0.05) is 48.5 Å². The van der Waals surface area contributed by atoms with Crippen molar-refractivity contribution in [2.45, 2.75) is 13.0 Å². The zero-order valence-corrected chi connectivity index (χ0v) is 12.2. The first-order valence-electron chi connectivity index (χ1n) is 7.01. The molecule has 0 aromatic heterocycles. The SMILES string of the molecule is COc1cccc(C(O)c2ccc(C)c3ccccc23)c1. The second-order valence-corrected chi connectivity index (χ2v) is 5.20. The van der Waals surface area contributed by atoms with Crippen molar-refractivity contribution in [1.82, 2.24) is 0 Å². The first-order valence-corrected chi connectivity index (χ1v) is 7.01. The fourth-order valence-electron chi connectivity index (χ4n) is 2.70. The third-order valence-corrected chi connectivity index (χ3v) is 3.88. The highest BCUT2D eigenvalue weighted by atomic mass is 16.5. The number of aliphatic hydroxyl groups is 1. The highest BCUT2D eigenvalue weighted by Gasteiger charge is 2.14. The molecule has 0 aliphatic heterocycles. The lowest BCUT2D eigenvalue weighted by molar-refractivity contribution is 0.221. The maximum Gasteiger partial charge on any atom is 0.119 e. The standard InChI is InChI=1S/C19H18O2/c1-13-10-11-18(17-9-4-3-8-16(13)17)19(20)14-6-5-7-15(12-14)21-2/h3-12,19-20H,1-2H3. The number of ether oxygens (including phenoxy) is 1. The second-order valence-electron chi connectivity index (χ2n) is 5.20. The van der Waals surface area contributed by atoms with Crippen LogP contribution in [0.3, 0.4) is 0 Å². The summed E-state index contributed by atoms with van der Waals surface area (Å²) < 4.78 is 5.24. The van der Waals surface area contributed by atoms with Crippen LogP contribution < -0.4 is 4.74 Å². The van der Waals surface area contributed by atoms with Crippen LogP contribution in [0, 0.1) is 6.92 Å². The highest BCUT2D eigenvalue weighted by molar-refractivity contribution is 5.89. The number of rotatable bonds is 3. The summed E-state index contributed by atoms with van der Waals surface area (Å²) in [5.74, 6) is 0.753. The Morgan fingerprint density at radius 1 is 0.905 bits per heavy atom. The van der Waals surface area contributed by atoms with E-state index in [0.717, 1.165) is 22.3 Å². The van der Waals surface area contributed by atoms with Gasteiger partial charge in [0.25, 0.3) is 0 Å². The molecule has 0 saturated heterocycles. The Bertz CT molecular complexity index is 777. The topological polar surface area (TPSA) is 29.5 Å². The van der Waals surface area contributed by atoms with E-state index in [0.29, 0.717) is 0 Å². The van der Waals surface area contributed by atoms with Crippen LogP contribution in [0.5, 0.6) is 5.75 Å². The molecule has 0 fully saturated rings. The Morgan fingerprint density at radius 2 is 1.67 bits per heavy atom. The average molecular weight is 278 g/mol. The van der Waals surface area contributed by atoms with Gasteiger partial charge in [0.2, 0.25) is 0 Å². The van der Waals surface area contributed by atoms with Crippen LogP contribution in [-0.4, -0.2) is 12.2 Å². The normalized spacial score (nSPS) is 12.3. The predicted octanol–water partition coefficient (Wildman–Crippen LogP) is 4.24. The van der Waals surface area contributed by atoms with Crippen LogP contribution in [0.2, 0.25) is 0 Å². The molecule has 3 rings (SSSR count). The quantitative estimate of drug-likeness (QED) is 0.776. The molecule has 106 valence electrons. The summed E-state index contributed by atoms with van der Waals surface area (Å²) >= 11 is 0. The Labute approximate surface area is 124 Å². The van der Waals surface area contributed by atoms with Gasteiger partial charge >= 0.3 is 0 Å². The number of hydrogen-bond acceptors (Lipinski definition) is 2. The van der Waals surface area contributed by atoms with Gasteiger partial charge in [0.15, 0.2) is 0 Å². The molecular weight excluding hydrogens is 260 g/mol. The average Bonchev–Trinajstić information content (AvgIpc) is 2.55. The molecule has 3 aromatic carbocycles. The van der Waals surface area contributed by atoms with Crippen molar-refractivity contribution in [2.75, 3.05) is 7.11 Å². The van der Waals surface area contributed by atoms with Gasteiger partial charge in [-0.3, -0.25) is 0 Å². The van der Waals surface area contributed by atoms with Crippen molar-refractivity contribution >= 4 is 10.8 Å². The number of hydrogen-bond donors (Lipinski definition) is 1. The molecule has 3 aromatic rings. The van der Waals surface area contributed by atoms with Crippen molar-refractivity contribution in [2.24, 2.45) is 0 Å². The largest absolute Gasteiger partial charge is 0.497 e. The lowest BCUT2D eigenvalue weighted by Crippen LogP contribution is -2.01. The molecule has 2 heteroatoms. The molecule has 0 bridgehead atoms. The molecule has 0 radical (unpaired) electrons. The molecular formula is C19H18O2. The van der Waals surface area contributed by atoms with Gasteiger partial charge < -0.3 is 9.84 Å². The number of aliphatic hydroxyl groups excluding tert-OH is 1. The summed E-state index contributed by atoms with van der Waals surface area (Å²) in [4.78, 5) is 0. The van der Waals surface area contributed by atoms with Crippen molar-refractivity contribution in [3.05, 3.63) is 77.4 Å². The first kappa shape index (κ1) is 13.7. The molecule has 1 unspecified atom stereocenters. The van der Waals surface area contributed by atoms with Crippen molar-refractivity contribution in [3.63, 3.8) is 0 Å². The maximum absolute atomic E-state index is 10.7. The van der Waals surface area contributed by atoms with E-state index in [1.54, 1.807) is 7.11 Å². The summed E-state index contributed by atoms with van der Waals surface area (Å²) in [6.07, 6.45) is -0.661. The summed E-state index contributed by atoms with van der Waals surface area (Å²) in [5, 5.41) is 13.0. The van der Waals surface area contributed by atoms with Crippen molar-refractivity contribution < 1.29 is 9.84 Å². The first-order chi connectivity index (χ1) is 10.2. The van der Waals surface area contributed by atoms with Gasteiger partial charge in [-0.2, -0.15) is 0 Å². The molecule has 21 heavy (non-hydrogen) atoms. The third-order valence-electron chi connectivity index (χ3n) is 3.88. The van der Waals surface area contributed by atoms with E-state index < -0.39 is 6.10 Å². The highest BCUT2D eigenvalue weighted by Crippen LogP contribution is 2.31. The number of benzene rings is 3. The van der Waals surface area contributed by atoms with E-state index in [2.05, 4.69) is 25.1 Å². The number of fused-ring (bicyclic) bond motifs is 1. The van der Waals surface area contributed by atoms with E-state index in [1.165, 1.54) is 10.9 Å². The van der Waals surface area contributed by atoms with Gasteiger partial charge in [0, 0.05) is 0 Å². The zero-order valence-electron chi connectivity index (χ0n) is 12.2. The third kappa shape index (κ3) is 2.50. The van der Waals surface area contributed by atoms with E-state index >= 15 is 0 Å². The smallest absolute Gasteiger partial charge is 0.119 e. The molecule has 0 spiro atoms. The predicted molar refractivity (Wildman–Crippen MR) is 85.7 cm³/mol. The lowest BCUT2D eigenvalue weighted by atomic mass is 9.94. The van der Waals surface area contributed by atoms with Crippen LogP contribution in [0.1, 0.15) is 22.8 Å². The number of aryl methyl sites for hydroxylation is 1. The summed E-state index contributed by atoms with van der Waals surface area (Å²) in [6, 6.07) is 19.8. The van der Waals surface area contributed by atoms with Crippen molar-refractivity contribution in [1.29, 1.82) is 0 Å². The van der Waals surface area contributed by atoms with E-state index in [1.807, 2.05) is 42.5 Å². The van der Waals surface area contributed by atoms with Gasteiger partial charge in [0.05, 0.1) is 7.11 Å². The molecule has 2 nitrogen and oxygen atoms in total. The molecule has 0 aliphatic rings. The van der Waals surface area contributed by atoms with Gasteiger partial charge in [-0.15, -0.1) is 0 Å². The van der Waals surface area contributed by atoms with E-state index in [-0.39, 0.29) is 0 Å². The minimum Gasteiger partial charge on any atom is -0.497 e. The van der Waals surface area contributed by atoms with Gasteiger partial charge in [-0.25, -0.2) is 0 Å². The van der Waals surface area contributed by atoms with E-state index in [9.17, 15) is 5.11 Å². The van der Waals surface area contributed by atoms with E-state index in [4.69, 9.17) is 4.74 Å². The minimum absolute atomic E-state index is 0.661. The monoisotopic (exact) mass is 278 g/mol. The van der Waals surface area contributed by atoms with Crippen LogP contribution in [0.4, 0.5) is 0 Å². The Kier molecular flexibility index (Phi) is 3.63. The molecule has 0 heterocycles. The Hall–Kier alpha value is -2.32. The molecule has 1 atom stereocenters. The Morgan fingerprint density at radius 3 is 2.43 bits per heavy atom. The Balaban J connectivity index is 2.13. The fourth-order valence-corrected chi connectivity index (χ4v) is 2.70. The second kappa shape index (κ2) is 5.58. The molecule has 0 saturated carbocycles. The lowest BCUT2D eigenvalue weighted by Gasteiger charge is -2.16. The maximum atomic E-state index is 10.7. The van der Waals surface area contributed by atoms with Crippen LogP contribution >= 0.6 is 0 Å². The molecule has 1 N–H and O–H groups in total. The summed E-state index contributed by atoms with van der Waals surface area (Å²) in [7, 11) is 1.63. The fraction of sp³-hybridized carbons (Fsp3) is 0.158. The molecule has 0 aliphatic carbocycles. The minimum atomic E-state index is -0.661. The van der Waals surface area contributed by atoms with Crippen molar-refractivity contribution in [3.8, 4) is 5.75 Å². The van der Waals surface area contributed by atoms with Crippen LogP contribution in [0.25, 0.3) is 10.8 Å². The molecule has 0 amide bonds. The van der Waals surface area contributed by atoms with Crippen LogP contribution in [0.15, 0.2) is 60.7 Å². The summed E-state index contributed by atoms with van der Waals surface area (Å²) in [5.41, 5.74) is 2.97. The van der Waals surface area contributed by atoms with Crippen LogP contribution in [-0.2, 0) is 0 Å². The summed E-state index contributed by atoms with van der Waals surface area (Å²) in [6.45, 7) is 2.09. The number of methoxy groups -OCH3 is 1. The van der Waals surface area contributed by atoms with Gasteiger partial charge in [-0.05, 0) is 46.5 Å². The zero-order chi connectivity index (χ0) is 14.8. The van der Waals surface area contributed by atoms with Gasteiger partial charge in [0.1, 0.15) is 11.9 Å².